The standard InChI is InChI=1S/C23H28N2O3/c1-3-28-23(27)20-11-12-21(24-17(20)2)22(26)25-15-13-19(14-16-25)10-9-18-7-5-4-6-8-18/h4-8,11-12,19H,3,9-10,13-16H2,1-2H3. The Morgan fingerprint density at radius 3 is 2.46 bits per heavy atom. The monoisotopic (exact) mass is 380 g/mol. The number of amides is 1. The minimum atomic E-state index is -0.397. The van der Waals surface area contributed by atoms with Crippen molar-refractivity contribution in [1.29, 1.82) is 0 Å². The van der Waals surface area contributed by atoms with E-state index in [4.69, 9.17) is 4.74 Å². The van der Waals surface area contributed by atoms with Gasteiger partial charge in [-0.05, 0) is 63.1 Å². The number of rotatable bonds is 6. The fourth-order valence-electron chi connectivity index (χ4n) is 3.71. The Morgan fingerprint density at radius 1 is 1.11 bits per heavy atom. The van der Waals surface area contributed by atoms with Crippen molar-refractivity contribution in [3.05, 3.63) is 65.0 Å². The second kappa shape index (κ2) is 9.49. The largest absolute Gasteiger partial charge is 0.462 e. The smallest absolute Gasteiger partial charge is 0.339 e. The van der Waals surface area contributed by atoms with Gasteiger partial charge in [0.2, 0.25) is 0 Å². The number of carbonyl (C=O) groups excluding carboxylic acids is 2. The van der Waals surface area contributed by atoms with E-state index >= 15 is 0 Å². The number of ether oxygens (including phenoxy) is 1. The van der Waals surface area contributed by atoms with Crippen molar-refractivity contribution in [2.24, 2.45) is 5.92 Å². The van der Waals surface area contributed by atoms with Gasteiger partial charge < -0.3 is 9.64 Å². The molecule has 0 unspecified atom stereocenters. The zero-order valence-corrected chi connectivity index (χ0v) is 16.7. The highest BCUT2D eigenvalue weighted by molar-refractivity contribution is 5.95. The fourth-order valence-corrected chi connectivity index (χ4v) is 3.71. The van der Waals surface area contributed by atoms with Crippen molar-refractivity contribution in [3.63, 3.8) is 0 Å². The minimum absolute atomic E-state index is 0.0555. The molecule has 1 aliphatic rings. The summed E-state index contributed by atoms with van der Waals surface area (Å²) < 4.78 is 5.02. The Balaban J connectivity index is 1.53. The molecule has 0 bridgehead atoms. The molecule has 1 aromatic carbocycles. The number of carbonyl (C=O) groups is 2. The van der Waals surface area contributed by atoms with Gasteiger partial charge in [-0.15, -0.1) is 0 Å². The summed E-state index contributed by atoms with van der Waals surface area (Å²) in [7, 11) is 0. The maximum atomic E-state index is 12.8. The SMILES string of the molecule is CCOC(=O)c1ccc(C(=O)N2CCC(CCc3ccccc3)CC2)nc1C. The Labute approximate surface area is 166 Å². The summed E-state index contributed by atoms with van der Waals surface area (Å²) in [5.74, 6) is 0.205. The lowest BCUT2D eigenvalue weighted by Crippen LogP contribution is -2.39. The zero-order chi connectivity index (χ0) is 19.9. The van der Waals surface area contributed by atoms with Crippen LogP contribution in [0.25, 0.3) is 0 Å². The van der Waals surface area contributed by atoms with E-state index in [0.717, 1.165) is 38.8 Å². The Hall–Kier alpha value is -2.69. The fraction of sp³-hybridized carbons (Fsp3) is 0.435. The summed E-state index contributed by atoms with van der Waals surface area (Å²) in [6, 6.07) is 13.8. The van der Waals surface area contributed by atoms with Crippen LogP contribution in [0.2, 0.25) is 0 Å². The van der Waals surface area contributed by atoms with Gasteiger partial charge >= 0.3 is 5.97 Å². The first-order valence-electron chi connectivity index (χ1n) is 10.1. The Kier molecular flexibility index (Phi) is 6.80. The molecule has 148 valence electrons. The van der Waals surface area contributed by atoms with Crippen LogP contribution in [-0.4, -0.2) is 41.5 Å². The topological polar surface area (TPSA) is 59.5 Å². The third-order valence-corrected chi connectivity index (χ3v) is 5.39. The molecular formula is C23H28N2O3. The van der Waals surface area contributed by atoms with Crippen LogP contribution < -0.4 is 0 Å². The maximum absolute atomic E-state index is 12.8. The molecule has 0 N–H and O–H groups in total. The molecule has 5 nitrogen and oxygen atoms in total. The van der Waals surface area contributed by atoms with Crippen LogP contribution in [0.1, 0.15) is 58.3 Å². The molecular weight excluding hydrogens is 352 g/mol. The van der Waals surface area contributed by atoms with Crippen molar-refractivity contribution in [2.75, 3.05) is 19.7 Å². The molecule has 1 saturated heterocycles. The number of aromatic nitrogens is 1. The average Bonchev–Trinajstić information content (AvgIpc) is 2.73. The van der Waals surface area contributed by atoms with Crippen molar-refractivity contribution in [1.82, 2.24) is 9.88 Å². The third kappa shape index (κ3) is 4.97. The van der Waals surface area contributed by atoms with Gasteiger partial charge in [0.25, 0.3) is 5.91 Å². The van der Waals surface area contributed by atoms with E-state index in [-0.39, 0.29) is 5.91 Å². The van der Waals surface area contributed by atoms with Gasteiger partial charge in [-0.3, -0.25) is 4.79 Å². The summed E-state index contributed by atoms with van der Waals surface area (Å²) in [4.78, 5) is 30.9. The molecule has 1 aromatic heterocycles. The molecule has 3 rings (SSSR count). The second-order valence-corrected chi connectivity index (χ2v) is 7.31. The van der Waals surface area contributed by atoms with Gasteiger partial charge in [-0.25, -0.2) is 9.78 Å². The molecule has 1 aliphatic heterocycles. The number of hydrogen-bond acceptors (Lipinski definition) is 4. The Bertz CT molecular complexity index is 812. The van der Waals surface area contributed by atoms with E-state index in [1.807, 2.05) is 11.0 Å². The molecule has 0 aliphatic carbocycles. The van der Waals surface area contributed by atoms with Crippen molar-refractivity contribution in [2.45, 2.75) is 39.5 Å². The number of esters is 1. The lowest BCUT2D eigenvalue weighted by atomic mass is 9.90. The molecule has 0 radical (unpaired) electrons. The predicted molar refractivity (Wildman–Crippen MR) is 108 cm³/mol. The molecule has 1 fully saturated rings. The van der Waals surface area contributed by atoms with E-state index in [9.17, 15) is 9.59 Å². The number of hydrogen-bond donors (Lipinski definition) is 0. The first-order chi connectivity index (χ1) is 13.6. The van der Waals surface area contributed by atoms with Crippen LogP contribution >= 0.6 is 0 Å². The second-order valence-electron chi connectivity index (χ2n) is 7.31. The first-order valence-corrected chi connectivity index (χ1v) is 10.1. The lowest BCUT2D eigenvalue weighted by molar-refractivity contribution is 0.0523. The minimum Gasteiger partial charge on any atom is -0.462 e. The normalized spacial score (nSPS) is 14.7. The van der Waals surface area contributed by atoms with E-state index in [1.54, 1.807) is 26.0 Å². The number of benzene rings is 1. The van der Waals surface area contributed by atoms with E-state index in [2.05, 4.69) is 29.2 Å². The Morgan fingerprint density at radius 2 is 1.82 bits per heavy atom. The molecule has 5 heteroatoms. The summed E-state index contributed by atoms with van der Waals surface area (Å²) in [6.07, 6.45) is 4.31. The van der Waals surface area contributed by atoms with Crippen molar-refractivity contribution >= 4 is 11.9 Å². The zero-order valence-electron chi connectivity index (χ0n) is 16.7. The maximum Gasteiger partial charge on any atom is 0.339 e. The van der Waals surface area contributed by atoms with Gasteiger partial charge in [0.1, 0.15) is 5.69 Å². The predicted octanol–water partition coefficient (Wildman–Crippen LogP) is 4.05. The van der Waals surface area contributed by atoms with Crippen LogP contribution in [-0.2, 0) is 11.2 Å². The van der Waals surface area contributed by atoms with Crippen LogP contribution in [0.3, 0.4) is 0 Å². The average molecular weight is 380 g/mol. The van der Waals surface area contributed by atoms with Crippen molar-refractivity contribution < 1.29 is 14.3 Å². The lowest BCUT2D eigenvalue weighted by Gasteiger charge is -2.32. The summed E-state index contributed by atoms with van der Waals surface area (Å²) in [6.45, 7) is 5.34. The summed E-state index contributed by atoms with van der Waals surface area (Å²) >= 11 is 0. The van der Waals surface area contributed by atoms with Gasteiger partial charge in [-0.1, -0.05) is 30.3 Å². The highest BCUT2D eigenvalue weighted by Gasteiger charge is 2.25. The van der Waals surface area contributed by atoms with Gasteiger partial charge in [-0.2, -0.15) is 0 Å². The third-order valence-electron chi connectivity index (χ3n) is 5.39. The summed E-state index contributed by atoms with van der Waals surface area (Å²) in [5.41, 5.74) is 2.72. The number of aryl methyl sites for hydroxylation is 2. The van der Waals surface area contributed by atoms with Crippen LogP contribution in [0.15, 0.2) is 42.5 Å². The van der Waals surface area contributed by atoms with Crippen LogP contribution in [0.4, 0.5) is 0 Å². The number of piperidine rings is 1. The molecule has 0 atom stereocenters. The van der Waals surface area contributed by atoms with E-state index in [1.165, 1.54) is 5.56 Å². The van der Waals surface area contributed by atoms with Gasteiger partial charge in [0.05, 0.1) is 17.9 Å². The molecule has 2 aromatic rings. The van der Waals surface area contributed by atoms with Gasteiger partial charge in [0, 0.05) is 13.1 Å². The summed E-state index contributed by atoms with van der Waals surface area (Å²) in [5, 5.41) is 0. The highest BCUT2D eigenvalue weighted by atomic mass is 16.5. The quantitative estimate of drug-likeness (QED) is 0.710. The van der Waals surface area contributed by atoms with Gasteiger partial charge in [0.15, 0.2) is 0 Å². The molecule has 0 saturated carbocycles. The molecule has 1 amide bonds. The van der Waals surface area contributed by atoms with E-state index < -0.39 is 5.97 Å². The first kappa shape index (κ1) is 20.1. The molecule has 28 heavy (non-hydrogen) atoms. The number of nitrogens with zero attached hydrogens (tertiary/aromatic N) is 2. The highest BCUT2D eigenvalue weighted by Crippen LogP contribution is 2.23. The van der Waals surface area contributed by atoms with Crippen LogP contribution in [0, 0.1) is 12.8 Å². The van der Waals surface area contributed by atoms with Crippen LogP contribution in [0.5, 0.6) is 0 Å². The molecule has 0 spiro atoms. The number of pyridine rings is 1. The number of likely N-dealkylation sites (tertiary alicyclic amines) is 1. The van der Waals surface area contributed by atoms with E-state index in [0.29, 0.717) is 29.5 Å². The molecule has 2 heterocycles. The van der Waals surface area contributed by atoms with Crippen molar-refractivity contribution in [3.8, 4) is 0 Å².